The molecule has 0 unspecified atom stereocenters. The summed E-state index contributed by atoms with van der Waals surface area (Å²) < 4.78 is 34.0. The number of benzene rings is 1. The van der Waals surface area contributed by atoms with Crippen LogP contribution in [0.3, 0.4) is 0 Å². The van der Waals surface area contributed by atoms with Gasteiger partial charge in [0, 0.05) is 11.6 Å². The van der Waals surface area contributed by atoms with E-state index in [1.165, 1.54) is 12.1 Å². The highest BCUT2D eigenvalue weighted by atomic mass is 35.5. The lowest BCUT2D eigenvalue weighted by Crippen LogP contribution is -2.26. The molecule has 1 fully saturated rings. The van der Waals surface area contributed by atoms with Gasteiger partial charge >= 0.3 is 0 Å². The number of primary sulfonamides is 1. The van der Waals surface area contributed by atoms with Gasteiger partial charge in [-0.05, 0) is 37.5 Å². The third-order valence-corrected chi connectivity index (χ3v) is 4.08. The molecule has 1 aromatic carbocycles. The summed E-state index contributed by atoms with van der Waals surface area (Å²) in [5, 5.41) is 5.43. The van der Waals surface area contributed by atoms with Crippen LogP contribution in [0, 0.1) is 0 Å². The average Bonchev–Trinajstić information content (AvgIpc) is 2.37. The summed E-state index contributed by atoms with van der Waals surface area (Å²) in [5.74, 6) is 0.209. The summed E-state index contributed by atoms with van der Waals surface area (Å²) in [5.41, 5.74) is 0. The molecule has 19 heavy (non-hydrogen) atoms. The Balaban J connectivity index is 2.11. The molecule has 0 saturated carbocycles. The van der Waals surface area contributed by atoms with Crippen LogP contribution >= 0.6 is 11.6 Å². The topological polar surface area (TPSA) is 78.6 Å². The standard InChI is InChI=1S/C12H16ClNO4S/c13-9-4-5-11(12(7-9)19(14,15)16)18-8-10-3-1-2-6-17-10/h4-5,7,10H,1-3,6,8H2,(H2,14,15,16)/t10-/m1/s1. The Morgan fingerprint density at radius 2 is 2.21 bits per heavy atom. The zero-order valence-electron chi connectivity index (χ0n) is 10.3. The maximum Gasteiger partial charge on any atom is 0.241 e. The molecule has 1 aliphatic heterocycles. The SMILES string of the molecule is NS(=O)(=O)c1cc(Cl)ccc1OC[C@H]1CCCCO1. The van der Waals surface area contributed by atoms with Crippen molar-refractivity contribution in [1.29, 1.82) is 0 Å². The number of nitrogens with two attached hydrogens (primary N) is 1. The third-order valence-electron chi connectivity index (χ3n) is 2.91. The second-order valence-corrected chi connectivity index (χ2v) is 6.40. The summed E-state index contributed by atoms with van der Waals surface area (Å²) in [6.07, 6.45) is 3.06. The van der Waals surface area contributed by atoms with E-state index in [1.54, 1.807) is 6.07 Å². The van der Waals surface area contributed by atoms with Gasteiger partial charge in [-0.1, -0.05) is 11.6 Å². The molecule has 1 aromatic rings. The number of sulfonamides is 1. The summed E-state index contributed by atoms with van der Waals surface area (Å²) >= 11 is 5.77. The van der Waals surface area contributed by atoms with Crippen LogP contribution in [0.4, 0.5) is 0 Å². The van der Waals surface area contributed by atoms with Crippen molar-refractivity contribution in [2.45, 2.75) is 30.3 Å². The normalized spacial score (nSPS) is 20.2. The lowest BCUT2D eigenvalue weighted by atomic mass is 10.1. The van der Waals surface area contributed by atoms with E-state index in [0.29, 0.717) is 11.6 Å². The van der Waals surface area contributed by atoms with Gasteiger partial charge in [-0.3, -0.25) is 0 Å². The van der Waals surface area contributed by atoms with Crippen LogP contribution < -0.4 is 9.88 Å². The van der Waals surface area contributed by atoms with Crippen LogP contribution in [0.5, 0.6) is 5.75 Å². The first-order chi connectivity index (χ1) is 8.97. The Kier molecular flexibility index (Phi) is 4.67. The first-order valence-corrected chi connectivity index (χ1v) is 7.96. The van der Waals surface area contributed by atoms with E-state index in [9.17, 15) is 8.42 Å². The third kappa shape index (κ3) is 4.07. The number of rotatable bonds is 4. The molecule has 0 bridgehead atoms. The van der Waals surface area contributed by atoms with Crippen molar-refractivity contribution >= 4 is 21.6 Å². The van der Waals surface area contributed by atoms with Gasteiger partial charge in [-0.15, -0.1) is 0 Å². The predicted octanol–water partition coefficient (Wildman–Crippen LogP) is 1.94. The number of ether oxygens (including phenoxy) is 2. The van der Waals surface area contributed by atoms with E-state index in [-0.39, 0.29) is 16.7 Å². The molecule has 0 radical (unpaired) electrons. The first-order valence-electron chi connectivity index (χ1n) is 6.03. The molecule has 5 nitrogen and oxygen atoms in total. The van der Waals surface area contributed by atoms with Gasteiger partial charge in [0.15, 0.2) is 0 Å². The number of halogens is 1. The fraction of sp³-hybridized carbons (Fsp3) is 0.500. The van der Waals surface area contributed by atoms with Gasteiger partial charge < -0.3 is 9.47 Å². The Morgan fingerprint density at radius 3 is 2.84 bits per heavy atom. The molecule has 0 spiro atoms. The summed E-state index contributed by atoms with van der Waals surface area (Å²) in [7, 11) is -3.86. The molecule has 106 valence electrons. The van der Waals surface area contributed by atoms with Crippen LogP contribution in [0.1, 0.15) is 19.3 Å². The molecule has 1 atom stereocenters. The minimum Gasteiger partial charge on any atom is -0.489 e. The molecule has 2 rings (SSSR count). The minimum atomic E-state index is -3.86. The number of hydrogen-bond donors (Lipinski definition) is 1. The van der Waals surface area contributed by atoms with Gasteiger partial charge in [0.2, 0.25) is 10.0 Å². The predicted molar refractivity (Wildman–Crippen MR) is 71.9 cm³/mol. The molecule has 1 heterocycles. The van der Waals surface area contributed by atoms with Gasteiger partial charge in [0.25, 0.3) is 0 Å². The summed E-state index contributed by atoms with van der Waals surface area (Å²) in [4.78, 5) is -0.101. The molecule has 1 saturated heterocycles. The molecule has 0 aliphatic carbocycles. The highest BCUT2D eigenvalue weighted by Gasteiger charge is 2.19. The van der Waals surface area contributed by atoms with E-state index < -0.39 is 10.0 Å². The zero-order chi connectivity index (χ0) is 13.9. The van der Waals surface area contributed by atoms with Crippen LogP contribution in [0.25, 0.3) is 0 Å². The van der Waals surface area contributed by atoms with Crippen molar-refractivity contribution < 1.29 is 17.9 Å². The van der Waals surface area contributed by atoms with E-state index in [0.717, 1.165) is 25.9 Å². The summed E-state index contributed by atoms with van der Waals surface area (Å²) in [6, 6.07) is 4.35. The Bertz CT molecular complexity index is 541. The van der Waals surface area contributed by atoms with E-state index >= 15 is 0 Å². The number of hydrogen-bond acceptors (Lipinski definition) is 4. The molecule has 1 aliphatic rings. The Morgan fingerprint density at radius 1 is 1.42 bits per heavy atom. The second-order valence-electron chi connectivity index (χ2n) is 4.44. The van der Waals surface area contributed by atoms with E-state index in [1.807, 2.05) is 0 Å². The van der Waals surface area contributed by atoms with Crippen molar-refractivity contribution in [3.05, 3.63) is 23.2 Å². The van der Waals surface area contributed by atoms with Crippen LogP contribution in [0.2, 0.25) is 5.02 Å². The quantitative estimate of drug-likeness (QED) is 0.922. The molecule has 7 heteroatoms. The summed E-state index contributed by atoms with van der Waals surface area (Å²) in [6.45, 7) is 1.03. The van der Waals surface area contributed by atoms with Crippen molar-refractivity contribution in [3.8, 4) is 5.75 Å². The van der Waals surface area contributed by atoms with Crippen molar-refractivity contribution in [2.24, 2.45) is 5.14 Å². The molecule has 0 aromatic heterocycles. The fourth-order valence-electron chi connectivity index (χ4n) is 1.95. The lowest BCUT2D eigenvalue weighted by Gasteiger charge is -2.23. The monoisotopic (exact) mass is 305 g/mol. The first kappa shape index (κ1) is 14.6. The highest BCUT2D eigenvalue weighted by molar-refractivity contribution is 7.89. The van der Waals surface area contributed by atoms with E-state index in [2.05, 4.69) is 0 Å². The van der Waals surface area contributed by atoms with Gasteiger partial charge in [-0.2, -0.15) is 0 Å². The fourth-order valence-corrected chi connectivity index (χ4v) is 2.88. The van der Waals surface area contributed by atoms with Gasteiger partial charge in [0.1, 0.15) is 17.3 Å². The molecule has 0 amide bonds. The van der Waals surface area contributed by atoms with Crippen LogP contribution in [-0.4, -0.2) is 27.7 Å². The maximum absolute atomic E-state index is 11.5. The smallest absolute Gasteiger partial charge is 0.241 e. The molecular formula is C12H16ClNO4S. The van der Waals surface area contributed by atoms with Crippen molar-refractivity contribution in [1.82, 2.24) is 0 Å². The van der Waals surface area contributed by atoms with Gasteiger partial charge in [0.05, 0.1) is 6.10 Å². The average molecular weight is 306 g/mol. The molecule has 2 N–H and O–H groups in total. The van der Waals surface area contributed by atoms with Gasteiger partial charge in [-0.25, -0.2) is 13.6 Å². The minimum absolute atomic E-state index is 0.00208. The second kappa shape index (κ2) is 6.09. The molecular weight excluding hydrogens is 290 g/mol. The maximum atomic E-state index is 11.5. The Hall–Kier alpha value is -0.820. The highest BCUT2D eigenvalue weighted by Crippen LogP contribution is 2.27. The van der Waals surface area contributed by atoms with Crippen molar-refractivity contribution in [3.63, 3.8) is 0 Å². The van der Waals surface area contributed by atoms with Crippen molar-refractivity contribution in [2.75, 3.05) is 13.2 Å². The van der Waals surface area contributed by atoms with Crippen LogP contribution in [-0.2, 0) is 14.8 Å². The Labute approximate surface area is 117 Å². The van der Waals surface area contributed by atoms with E-state index in [4.69, 9.17) is 26.2 Å². The zero-order valence-corrected chi connectivity index (χ0v) is 11.9. The van der Waals surface area contributed by atoms with Crippen LogP contribution in [0.15, 0.2) is 23.1 Å². The lowest BCUT2D eigenvalue weighted by molar-refractivity contribution is -0.0116. The largest absolute Gasteiger partial charge is 0.489 e.